The van der Waals surface area contributed by atoms with Gasteiger partial charge >= 0.3 is 5.97 Å². The maximum Gasteiger partial charge on any atom is 0.335 e. The van der Waals surface area contributed by atoms with Gasteiger partial charge in [0, 0.05) is 49.7 Å². The molecule has 0 radical (unpaired) electrons. The highest BCUT2D eigenvalue weighted by Crippen LogP contribution is 2.28. The van der Waals surface area contributed by atoms with Crippen molar-refractivity contribution in [1.29, 1.82) is 0 Å². The minimum absolute atomic E-state index is 0.0473. The summed E-state index contributed by atoms with van der Waals surface area (Å²) in [5, 5.41) is 9.43. The lowest BCUT2D eigenvalue weighted by molar-refractivity contribution is 0.0697. The van der Waals surface area contributed by atoms with E-state index in [1.54, 1.807) is 47.2 Å². The fraction of sp³-hybridized carbons (Fsp3) is 0.257. The summed E-state index contributed by atoms with van der Waals surface area (Å²) in [4.78, 5) is 24.7. The lowest BCUT2D eigenvalue weighted by atomic mass is 10.0. The number of hydrogen-bond donors (Lipinski definition) is 1. The molecule has 248 valence electrons. The van der Waals surface area contributed by atoms with Crippen molar-refractivity contribution < 1.29 is 36.6 Å². The number of imidazole rings is 1. The average Bonchev–Trinajstić information content (AvgIpc) is 3.39. The first-order valence-corrected chi connectivity index (χ1v) is 16.6. The number of pyridine rings is 2. The van der Waals surface area contributed by atoms with Gasteiger partial charge in [-0.25, -0.2) is 36.9 Å². The predicted molar refractivity (Wildman–Crippen MR) is 175 cm³/mol. The van der Waals surface area contributed by atoms with Gasteiger partial charge in [-0.15, -0.1) is 0 Å². The number of sulfone groups is 1. The Hall–Kier alpha value is -5.19. The van der Waals surface area contributed by atoms with Gasteiger partial charge in [-0.3, -0.25) is 0 Å². The average molecular weight is 675 g/mol. The van der Waals surface area contributed by atoms with Crippen LogP contribution in [0.4, 0.5) is 8.78 Å². The molecule has 0 saturated heterocycles. The molecule has 0 atom stereocenters. The number of nitrogens with zero attached hydrogens (tertiary/aromatic N) is 4. The van der Waals surface area contributed by atoms with E-state index >= 15 is 8.78 Å². The molecular formula is C35H32F2N4O6S. The van der Waals surface area contributed by atoms with E-state index in [0.29, 0.717) is 41.3 Å². The molecule has 0 unspecified atom stereocenters. The van der Waals surface area contributed by atoms with E-state index in [-0.39, 0.29) is 41.3 Å². The summed E-state index contributed by atoms with van der Waals surface area (Å²) >= 11 is 0. The van der Waals surface area contributed by atoms with Gasteiger partial charge < -0.3 is 19.1 Å². The maximum atomic E-state index is 15.5. The molecule has 5 aromatic rings. The molecular weight excluding hydrogens is 642 g/mol. The standard InChI is InChI=1S/C35H32F2N4O6S/c1-35(2,48(4,44)45)13-12-25-10-8-22(20-38-25)21-47-33-7-5-6-29(40-33)26-19-27(36)24(16-28(26)37)18-32-39-30-11-9-23(34(42)43)17-31(30)41(32)14-15-46-3/h5-11,16-17,19-20H,14-15,18,21H2,1-4H3,(H,42,43). The lowest BCUT2D eigenvalue weighted by Gasteiger charge is -2.14. The van der Waals surface area contributed by atoms with Crippen molar-refractivity contribution in [2.24, 2.45) is 0 Å². The van der Waals surface area contributed by atoms with Crippen molar-refractivity contribution in [3.63, 3.8) is 0 Å². The number of carboxylic acid groups (broad SMARTS) is 1. The Morgan fingerprint density at radius 1 is 1.04 bits per heavy atom. The van der Waals surface area contributed by atoms with Crippen LogP contribution in [-0.4, -0.2) is 63.7 Å². The molecule has 0 aliphatic rings. The molecule has 3 heterocycles. The van der Waals surface area contributed by atoms with Crippen LogP contribution in [-0.2, 0) is 34.1 Å². The number of aromatic nitrogens is 4. The van der Waals surface area contributed by atoms with Crippen molar-refractivity contribution in [3.8, 4) is 29.0 Å². The molecule has 0 amide bonds. The zero-order valence-corrected chi connectivity index (χ0v) is 27.4. The van der Waals surface area contributed by atoms with Gasteiger partial charge in [-0.2, -0.15) is 0 Å². The first-order valence-electron chi connectivity index (χ1n) is 14.7. The topological polar surface area (TPSA) is 134 Å². The van der Waals surface area contributed by atoms with Gasteiger partial charge in [0.2, 0.25) is 5.88 Å². The van der Waals surface area contributed by atoms with E-state index in [9.17, 15) is 18.3 Å². The van der Waals surface area contributed by atoms with Crippen LogP contribution in [0.1, 0.15) is 46.9 Å². The number of ether oxygens (including phenoxy) is 2. The van der Waals surface area contributed by atoms with Crippen LogP contribution in [0.3, 0.4) is 0 Å². The van der Waals surface area contributed by atoms with Crippen LogP contribution in [0.15, 0.2) is 66.9 Å². The molecule has 48 heavy (non-hydrogen) atoms. The van der Waals surface area contributed by atoms with E-state index in [1.165, 1.54) is 33.1 Å². The third-order valence-electron chi connectivity index (χ3n) is 7.71. The fourth-order valence-electron chi connectivity index (χ4n) is 4.66. The summed E-state index contributed by atoms with van der Waals surface area (Å²) in [5.41, 5.74) is 2.43. The molecule has 3 aromatic heterocycles. The van der Waals surface area contributed by atoms with Gasteiger partial charge in [0.25, 0.3) is 0 Å². The Morgan fingerprint density at radius 3 is 2.52 bits per heavy atom. The number of aromatic carboxylic acids is 1. The Labute approximate surface area is 276 Å². The highest BCUT2D eigenvalue weighted by Gasteiger charge is 2.27. The smallest absolute Gasteiger partial charge is 0.335 e. The van der Waals surface area contributed by atoms with E-state index in [2.05, 4.69) is 26.8 Å². The third-order valence-corrected chi connectivity index (χ3v) is 9.66. The van der Waals surface area contributed by atoms with Crippen LogP contribution in [0, 0.1) is 23.5 Å². The fourth-order valence-corrected chi connectivity index (χ4v) is 4.89. The van der Waals surface area contributed by atoms with Crippen LogP contribution in [0.25, 0.3) is 22.3 Å². The Kier molecular flexibility index (Phi) is 9.88. The zero-order valence-electron chi connectivity index (χ0n) is 26.6. The third kappa shape index (κ3) is 7.67. The molecule has 2 aromatic carbocycles. The number of carbonyl (C=O) groups is 1. The minimum Gasteiger partial charge on any atom is -0.478 e. The molecule has 0 saturated carbocycles. The van der Waals surface area contributed by atoms with Crippen molar-refractivity contribution in [2.45, 2.75) is 38.2 Å². The number of benzene rings is 2. The van der Waals surface area contributed by atoms with Crippen LogP contribution >= 0.6 is 0 Å². The molecule has 0 bridgehead atoms. The molecule has 10 nitrogen and oxygen atoms in total. The summed E-state index contributed by atoms with van der Waals surface area (Å²) in [6.45, 7) is 3.77. The van der Waals surface area contributed by atoms with Crippen LogP contribution in [0.2, 0.25) is 0 Å². The van der Waals surface area contributed by atoms with Gasteiger partial charge in [-0.05, 0) is 67.8 Å². The lowest BCUT2D eigenvalue weighted by Crippen LogP contribution is -2.28. The number of carboxylic acids is 1. The normalized spacial score (nSPS) is 11.7. The number of hydrogen-bond acceptors (Lipinski definition) is 8. The first-order chi connectivity index (χ1) is 22.8. The highest BCUT2D eigenvalue weighted by molar-refractivity contribution is 7.92. The van der Waals surface area contributed by atoms with E-state index in [1.807, 2.05) is 0 Å². The Bertz CT molecular complexity index is 2170. The SMILES string of the molecule is COCCn1c(Cc2cc(F)c(-c3cccc(OCc4ccc(C#CC(C)(C)S(C)(=O)=O)nc4)n3)cc2F)nc2ccc(C(=O)O)cc21. The van der Waals surface area contributed by atoms with E-state index in [0.717, 1.165) is 18.4 Å². The van der Waals surface area contributed by atoms with E-state index in [4.69, 9.17) is 9.47 Å². The summed E-state index contributed by atoms with van der Waals surface area (Å²) < 4.78 is 66.2. The number of fused-ring (bicyclic) bond motifs is 1. The largest absolute Gasteiger partial charge is 0.478 e. The monoisotopic (exact) mass is 674 g/mol. The second kappa shape index (κ2) is 13.9. The van der Waals surface area contributed by atoms with Gasteiger partial charge in [0.1, 0.15) is 34.5 Å². The molecule has 0 fully saturated rings. The number of halogens is 2. The number of methoxy groups -OCH3 is 1. The molecule has 0 spiro atoms. The summed E-state index contributed by atoms with van der Waals surface area (Å²) in [6.07, 6.45) is 2.63. The van der Waals surface area contributed by atoms with Crippen molar-refractivity contribution in [3.05, 3.63) is 107 Å². The second-order valence-electron chi connectivity index (χ2n) is 11.5. The molecule has 0 aliphatic heterocycles. The molecule has 0 aliphatic carbocycles. The second-order valence-corrected chi connectivity index (χ2v) is 14.1. The summed E-state index contributed by atoms with van der Waals surface area (Å²) in [7, 11) is -1.84. The van der Waals surface area contributed by atoms with E-state index < -0.39 is 32.2 Å². The summed E-state index contributed by atoms with van der Waals surface area (Å²) in [5.74, 6) is 3.68. The van der Waals surface area contributed by atoms with Gasteiger partial charge in [-0.1, -0.05) is 18.1 Å². The van der Waals surface area contributed by atoms with Gasteiger partial charge in [0.15, 0.2) is 9.84 Å². The van der Waals surface area contributed by atoms with Crippen molar-refractivity contribution in [1.82, 2.24) is 19.5 Å². The van der Waals surface area contributed by atoms with Crippen molar-refractivity contribution >= 4 is 26.8 Å². The van der Waals surface area contributed by atoms with Crippen molar-refractivity contribution in [2.75, 3.05) is 20.0 Å². The highest BCUT2D eigenvalue weighted by atomic mass is 32.2. The first kappa shape index (κ1) is 34.2. The van der Waals surface area contributed by atoms with Crippen LogP contribution in [0.5, 0.6) is 5.88 Å². The number of rotatable bonds is 11. The molecule has 1 N–H and O–H groups in total. The zero-order chi connectivity index (χ0) is 34.6. The van der Waals surface area contributed by atoms with Gasteiger partial charge in [0.05, 0.1) is 28.9 Å². The summed E-state index contributed by atoms with van der Waals surface area (Å²) in [6, 6.07) is 14.8. The Morgan fingerprint density at radius 2 is 1.83 bits per heavy atom. The quantitative estimate of drug-likeness (QED) is 0.181. The van der Waals surface area contributed by atoms with Crippen LogP contribution < -0.4 is 4.74 Å². The molecule has 13 heteroatoms. The Balaban J connectivity index is 1.32. The minimum atomic E-state index is -3.37. The predicted octanol–water partition coefficient (Wildman–Crippen LogP) is 5.46. The molecule has 5 rings (SSSR count). The maximum absolute atomic E-state index is 15.5.